The summed E-state index contributed by atoms with van der Waals surface area (Å²) in [6.45, 7) is 1.71. The molecule has 5 heteroatoms. The molecule has 2 N–H and O–H groups in total. The monoisotopic (exact) mass is 281 g/mol. The van der Waals surface area contributed by atoms with Crippen LogP contribution in [0.2, 0.25) is 0 Å². The molecule has 2 atom stereocenters. The first-order chi connectivity index (χ1) is 9.65. The number of aliphatic hydroxyl groups is 1. The van der Waals surface area contributed by atoms with Gasteiger partial charge in [0.2, 0.25) is 0 Å². The van der Waals surface area contributed by atoms with E-state index < -0.39 is 17.7 Å². The number of rotatable bonds is 6. The largest absolute Gasteiger partial charge is 0.468 e. The van der Waals surface area contributed by atoms with Crippen LogP contribution in [0.25, 0.3) is 0 Å². The van der Waals surface area contributed by atoms with E-state index in [4.69, 9.17) is 4.42 Å². The molecule has 0 aliphatic heterocycles. The lowest BCUT2D eigenvalue weighted by molar-refractivity contribution is 0.212. The highest BCUT2D eigenvalue weighted by Crippen LogP contribution is 2.25. The lowest BCUT2D eigenvalue weighted by Crippen LogP contribution is -2.29. The maximum absolute atomic E-state index is 13.8. The van der Waals surface area contributed by atoms with E-state index in [0.717, 1.165) is 6.07 Å². The van der Waals surface area contributed by atoms with Crippen molar-refractivity contribution in [1.29, 1.82) is 0 Å². The molecule has 0 saturated carbocycles. The van der Waals surface area contributed by atoms with Crippen LogP contribution in [-0.4, -0.2) is 11.7 Å². The van der Waals surface area contributed by atoms with Crippen LogP contribution in [0.4, 0.5) is 8.78 Å². The minimum Gasteiger partial charge on any atom is -0.468 e. The van der Waals surface area contributed by atoms with Crippen LogP contribution in [0.15, 0.2) is 41.0 Å². The normalized spacial score (nSPS) is 14.2. The molecule has 108 valence electrons. The van der Waals surface area contributed by atoms with Crippen LogP contribution in [0, 0.1) is 11.6 Å². The number of nitrogens with one attached hydrogen (secondary N) is 1. The highest BCUT2D eigenvalue weighted by Gasteiger charge is 2.21. The van der Waals surface area contributed by atoms with Gasteiger partial charge < -0.3 is 9.52 Å². The minimum absolute atomic E-state index is 0.174. The predicted molar refractivity (Wildman–Crippen MR) is 71.1 cm³/mol. The minimum atomic E-state index is -0.606. The third-order valence-corrected chi connectivity index (χ3v) is 3.22. The maximum atomic E-state index is 13.8. The molecule has 2 unspecified atom stereocenters. The van der Waals surface area contributed by atoms with Crippen molar-refractivity contribution in [2.75, 3.05) is 6.61 Å². The summed E-state index contributed by atoms with van der Waals surface area (Å²) >= 11 is 0. The molecule has 1 aromatic carbocycles. The quantitative estimate of drug-likeness (QED) is 0.853. The smallest absolute Gasteiger partial charge is 0.130 e. The fourth-order valence-corrected chi connectivity index (χ4v) is 2.17. The average molecular weight is 281 g/mol. The van der Waals surface area contributed by atoms with Crippen molar-refractivity contribution >= 4 is 0 Å². The molecule has 0 bridgehead atoms. The summed E-state index contributed by atoms with van der Waals surface area (Å²) in [6, 6.07) is 6.20. The highest BCUT2D eigenvalue weighted by atomic mass is 19.1. The fraction of sp³-hybridized carbons (Fsp3) is 0.333. The third-order valence-electron chi connectivity index (χ3n) is 3.22. The van der Waals surface area contributed by atoms with Gasteiger partial charge in [-0.15, -0.1) is 0 Å². The number of hydrogen-bond donors (Lipinski definition) is 2. The van der Waals surface area contributed by atoms with Gasteiger partial charge in [0.15, 0.2) is 0 Å². The second-order valence-corrected chi connectivity index (χ2v) is 4.54. The van der Waals surface area contributed by atoms with Gasteiger partial charge >= 0.3 is 0 Å². The lowest BCUT2D eigenvalue weighted by atomic mass is 10.0. The molecule has 0 spiro atoms. The summed E-state index contributed by atoms with van der Waals surface area (Å²) < 4.78 is 32.0. The summed E-state index contributed by atoms with van der Waals surface area (Å²) in [5.74, 6) is -0.625. The first-order valence-corrected chi connectivity index (χ1v) is 6.51. The molecule has 0 fully saturated rings. The van der Waals surface area contributed by atoms with Crippen LogP contribution >= 0.6 is 0 Å². The van der Waals surface area contributed by atoms with Crippen molar-refractivity contribution in [1.82, 2.24) is 5.32 Å². The van der Waals surface area contributed by atoms with E-state index in [1.54, 1.807) is 12.1 Å². The van der Waals surface area contributed by atoms with Gasteiger partial charge in [0.25, 0.3) is 0 Å². The van der Waals surface area contributed by atoms with Crippen LogP contribution in [-0.2, 0) is 0 Å². The van der Waals surface area contributed by atoms with Crippen molar-refractivity contribution in [2.24, 2.45) is 0 Å². The molecule has 2 rings (SSSR count). The molecule has 3 nitrogen and oxygen atoms in total. The second-order valence-electron chi connectivity index (χ2n) is 4.54. The van der Waals surface area contributed by atoms with Gasteiger partial charge in [0.05, 0.1) is 18.9 Å². The first kappa shape index (κ1) is 14.7. The van der Waals surface area contributed by atoms with Crippen molar-refractivity contribution in [3.63, 3.8) is 0 Å². The number of benzene rings is 1. The molecule has 0 amide bonds. The molecular weight excluding hydrogens is 264 g/mol. The summed E-state index contributed by atoms with van der Waals surface area (Å²) in [7, 11) is 0. The van der Waals surface area contributed by atoms with E-state index in [-0.39, 0.29) is 12.6 Å². The van der Waals surface area contributed by atoms with E-state index in [1.807, 2.05) is 6.92 Å². The average Bonchev–Trinajstić information content (AvgIpc) is 2.95. The topological polar surface area (TPSA) is 45.4 Å². The Bertz CT molecular complexity index is 543. The Morgan fingerprint density at radius 3 is 2.60 bits per heavy atom. The molecule has 20 heavy (non-hydrogen) atoms. The Labute approximate surface area is 116 Å². The Balaban J connectivity index is 2.19. The van der Waals surface area contributed by atoms with E-state index in [2.05, 4.69) is 5.32 Å². The molecule has 0 aliphatic rings. The van der Waals surface area contributed by atoms with Crippen LogP contribution < -0.4 is 5.32 Å². The van der Waals surface area contributed by atoms with Crippen molar-refractivity contribution in [2.45, 2.75) is 25.4 Å². The zero-order valence-corrected chi connectivity index (χ0v) is 11.1. The lowest BCUT2D eigenvalue weighted by Gasteiger charge is -2.23. The van der Waals surface area contributed by atoms with Gasteiger partial charge in [-0.25, -0.2) is 8.78 Å². The second kappa shape index (κ2) is 6.63. The van der Waals surface area contributed by atoms with E-state index in [1.165, 1.54) is 18.4 Å². The molecule has 0 aliphatic carbocycles. The molecule has 2 aromatic rings. The van der Waals surface area contributed by atoms with E-state index in [9.17, 15) is 13.9 Å². The summed E-state index contributed by atoms with van der Waals surface area (Å²) in [4.78, 5) is 0. The van der Waals surface area contributed by atoms with Gasteiger partial charge in [-0.1, -0.05) is 13.0 Å². The Kier molecular flexibility index (Phi) is 4.87. The summed E-state index contributed by atoms with van der Waals surface area (Å²) in [5, 5.41) is 12.6. The number of halogens is 2. The van der Waals surface area contributed by atoms with Gasteiger partial charge in [0, 0.05) is 17.7 Å². The zero-order chi connectivity index (χ0) is 14.5. The maximum Gasteiger partial charge on any atom is 0.130 e. The number of aliphatic hydroxyl groups excluding tert-OH is 1. The zero-order valence-electron chi connectivity index (χ0n) is 11.1. The van der Waals surface area contributed by atoms with Crippen molar-refractivity contribution < 1.29 is 18.3 Å². The van der Waals surface area contributed by atoms with Crippen LogP contribution in [0.3, 0.4) is 0 Å². The molecule has 0 saturated heterocycles. The molecule has 1 heterocycles. The summed E-state index contributed by atoms with van der Waals surface area (Å²) in [6.07, 6.45) is 2.11. The Hall–Kier alpha value is -1.72. The molecule has 0 radical (unpaired) electrons. The van der Waals surface area contributed by atoms with Crippen molar-refractivity contribution in [3.05, 3.63) is 59.6 Å². The van der Waals surface area contributed by atoms with Crippen LogP contribution in [0.1, 0.15) is 36.8 Å². The van der Waals surface area contributed by atoms with Gasteiger partial charge in [0.1, 0.15) is 17.4 Å². The van der Waals surface area contributed by atoms with E-state index in [0.29, 0.717) is 17.7 Å². The SMILES string of the molecule is CCC(NC(CO)c1ccco1)c1ccc(F)cc1F. The summed E-state index contributed by atoms with van der Waals surface area (Å²) in [5.41, 5.74) is 0.374. The third kappa shape index (κ3) is 3.23. The standard InChI is InChI=1S/C15H17F2NO2/c1-2-13(11-6-5-10(16)8-12(11)17)18-14(9-19)15-4-3-7-20-15/h3-8,13-14,18-19H,2,9H2,1H3. The van der Waals surface area contributed by atoms with Gasteiger partial charge in [-0.3, -0.25) is 5.32 Å². The van der Waals surface area contributed by atoms with Gasteiger partial charge in [-0.05, 0) is 24.6 Å². The first-order valence-electron chi connectivity index (χ1n) is 6.51. The van der Waals surface area contributed by atoms with Gasteiger partial charge in [-0.2, -0.15) is 0 Å². The number of furan rings is 1. The van der Waals surface area contributed by atoms with Crippen LogP contribution in [0.5, 0.6) is 0 Å². The van der Waals surface area contributed by atoms with Crippen molar-refractivity contribution in [3.8, 4) is 0 Å². The number of hydrogen-bond acceptors (Lipinski definition) is 3. The molecular formula is C15H17F2NO2. The highest BCUT2D eigenvalue weighted by molar-refractivity contribution is 5.22. The Morgan fingerprint density at radius 2 is 2.05 bits per heavy atom. The van der Waals surface area contributed by atoms with E-state index >= 15 is 0 Å². The fourth-order valence-electron chi connectivity index (χ4n) is 2.17. The molecule has 1 aromatic heterocycles. The predicted octanol–water partition coefficient (Wildman–Crippen LogP) is 3.33. The Morgan fingerprint density at radius 1 is 1.25 bits per heavy atom.